The van der Waals surface area contributed by atoms with Crippen molar-refractivity contribution in [3.05, 3.63) is 70.4 Å². The van der Waals surface area contributed by atoms with E-state index in [1.54, 1.807) is 49.7 Å². The number of piperidine rings is 1. The van der Waals surface area contributed by atoms with Gasteiger partial charge in [0.25, 0.3) is 5.56 Å². The fraction of sp³-hybridized carbons (Fsp3) is 0.261. The maximum absolute atomic E-state index is 14.4. The molecule has 1 aromatic heterocycles. The van der Waals surface area contributed by atoms with Crippen molar-refractivity contribution in [2.75, 3.05) is 25.1 Å². The van der Waals surface area contributed by atoms with E-state index in [1.165, 1.54) is 16.7 Å². The molecule has 0 atom stereocenters. The summed E-state index contributed by atoms with van der Waals surface area (Å²) in [6.07, 6.45) is 3.10. The lowest BCUT2D eigenvalue weighted by Gasteiger charge is -2.32. The third kappa shape index (κ3) is 4.00. The summed E-state index contributed by atoms with van der Waals surface area (Å²) in [6, 6.07) is 13.1. The maximum Gasteiger partial charge on any atom is 0.267 e. The molecule has 8 heteroatoms. The van der Waals surface area contributed by atoms with Crippen molar-refractivity contribution in [1.29, 1.82) is 5.26 Å². The molecule has 1 saturated heterocycles. The summed E-state index contributed by atoms with van der Waals surface area (Å²) < 4.78 is 21.0. The minimum Gasteiger partial charge on any atom is -0.497 e. The Balaban J connectivity index is 1.88. The van der Waals surface area contributed by atoms with Gasteiger partial charge in [0.2, 0.25) is 5.95 Å². The van der Waals surface area contributed by atoms with E-state index in [4.69, 9.17) is 15.7 Å². The van der Waals surface area contributed by atoms with E-state index in [9.17, 15) is 9.18 Å². The smallest absolute Gasteiger partial charge is 0.267 e. The number of aromatic nitrogens is 2. The van der Waals surface area contributed by atoms with Crippen molar-refractivity contribution < 1.29 is 9.13 Å². The van der Waals surface area contributed by atoms with Crippen LogP contribution < -0.4 is 20.9 Å². The summed E-state index contributed by atoms with van der Waals surface area (Å²) in [6.45, 7) is 1.29. The third-order valence-electron chi connectivity index (χ3n) is 5.50. The standard InChI is InChI=1S/C23H22FN5O2/c1-31-19-6-3-15(4-7-19)20-14-27-23(28-10-8-17(26)9-11-28)29(22(20)30)18-5-2-16(13-25)21(24)12-18/h2-7,12,14,17H,8-11,26H2,1H3. The Hall–Kier alpha value is -3.70. The van der Waals surface area contributed by atoms with Crippen molar-refractivity contribution in [2.24, 2.45) is 5.73 Å². The number of hydrogen-bond donors (Lipinski definition) is 1. The highest BCUT2D eigenvalue weighted by Gasteiger charge is 2.23. The average molecular weight is 419 g/mol. The summed E-state index contributed by atoms with van der Waals surface area (Å²) in [7, 11) is 1.57. The van der Waals surface area contributed by atoms with Gasteiger partial charge in [-0.2, -0.15) is 5.26 Å². The molecule has 2 aromatic carbocycles. The van der Waals surface area contributed by atoms with Crippen molar-refractivity contribution >= 4 is 5.95 Å². The number of benzene rings is 2. The molecule has 1 fully saturated rings. The monoisotopic (exact) mass is 419 g/mol. The number of hydrogen-bond acceptors (Lipinski definition) is 6. The lowest BCUT2D eigenvalue weighted by atomic mass is 10.1. The van der Waals surface area contributed by atoms with Crippen LogP contribution in [-0.2, 0) is 0 Å². The molecular weight excluding hydrogens is 397 g/mol. The van der Waals surface area contributed by atoms with Gasteiger partial charge < -0.3 is 15.4 Å². The largest absolute Gasteiger partial charge is 0.497 e. The van der Waals surface area contributed by atoms with Crippen LogP contribution in [0.1, 0.15) is 18.4 Å². The van der Waals surface area contributed by atoms with Gasteiger partial charge in [-0.1, -0.05) is 12.1 Å². The molecular formula is C23H22FN5O2. The highest BCUT2D eigenvalue weighted by molar-refractivity contribution is 5.64. The minimum absolute atomic E-state index is 0.0819. The zero-order chi connectivity index (χ0) is 22.0. The van der Waals surface area contributed by atoms with E-state index >= 15 is 0 Å². The Morgan fingerprint density at radius 3 is 2.52 bits per heavy atom. The van der Waals surface area contributed by atoms with Crippen LogP contribution in [0.5, 0.6) is 5.75 Å². The van der Waals surface area contributed by atoms with Crippen molar-refractivity contribution in [2.45, 2.75) is 18.9 Å². The molecule has 7 nitrogen and oxygen atoms in total. The second kappa shape index (κ2) is 8.58. The molecule has 0 radical (unpaired) electrons. The van der Waals surface area contributed by atoms with Crippen LogP contribution in [-0.4, -0.2) is 35.8 Å². The van der Waals surface area contributed by atoms with Gasteiger partial charge in [0.05, 0.1) is 23.9 Å². The van der Waals surface area contributed by atoms with E-state index < -0.39 is 5.82 Å². The second-order valence-corrected chi connectivity index (χ2v) is 7.44. The third-order valence-corrected chi connectivity index (χ3v) is 5.50. The number of nitrogens with zero attached hydrogens (tertiary/aromatic N) is 4. The van der Waals surface area contributed by atoms with E-state index in [2.05, 4.69) is 4.98 Å². The zero-order valence-electron chi connectivity index (χ0n) is 17.1. The molecule has 1 aliphatic heterocycles. The second-order valence-electron chi connectivity index (χ2n) is 7.44. The fourth-order valence-corrected chi connectivity index (χ4v) is 3.70. The fourth-order valence-electron chi connectivity index (χ4n) is 3.70. The highest BCUT2D eigenvalue weighted by atomic mass is 19.1. The molecule has 3 aromatic rings. The van der Waals surface area contributed by atoms with Gasteiger partial charge in [-0.05, 0) is 48.7 Å². The number of rotatable bonds is 4. The molecule has 0 saturated carbocycles. The van der Waals surface area contributed by atoms with Crippen LogP contribution in [0.15, 0.2) is 53.5 Å². The molecule has 0 spiro atoms. The van der Waals surface area contributed by atoms with Crippen LogP contribution in [0.4, 0.5) is 10.3 Å². The first-order valence-corrected chi connectivity index (χ1v) is 9.99. The molecule has 0 aliphatic carbocycles. The molecule has 1 aliphatic rings. The van der Waals surface area contributed by atoms with Gasteiger partial charge in [-0.25, -0.2) is 13.9 Å². The Labute approximate surface area is 179 Å². The molecule has 4 rings (SSSR count). The molecule has 31 heavy (non-hydrogen) atoms. The summed E-state index contributed by atoms with van der Waals surface area (Å²) in [4.78, 5) is 20.1. The van der Waals surface area contributed by atoms with E-state index in [0.29, 0.717) is 41.6 Å². The van der Waals surface area contributed by atoms with Crippen LogP contribution >= 0.6 is 0 Å². The first-order valence-electron chi connectivity index (χ1n) is 9.99. The summed E-state index contributed by atoms with van der Waals surface area (Å²) in [5.74, 6) is 0.416. The summed E-state index contributed by atoms with van der Waals surface area (Å²) in [5.41, 5.74) is 6.98. The van der Waals surface area contributed by atoms with Crippen molar-refractivity contribution in [3.8, 4) is 28.6 Å². The van der Waals surface area contributed by atoms with Gasteiger partial charge in [0.1, 0.15) is 17.6 Å². The van der Waals surface area contributed by atoms with Crippen LogP contribution in [0.25, 0.3) is 16.8 Å². The quantitative estimate of drug-likeness (QED) is 0.698. The topological polar surface area (TPSA) is 97.2 Å². The molecule has 0 bridgehead atoms. The Kier molecular flexibility index (Phi) is 5.69. The number of methoxy groups -OCH3 is 1. The number of halogens is 1. The van der Waals surface area contributed by atoms with Crippen LogP contribution in [0.3, 0.4) is 0 Å². The lowest BCUT2D eigenvalue weighted by molar-refractivity contribution is 0.415. The predicted octanol–water partition coefficient (Wildman–Crippen LogP) is 2.85. The molecule has 0 amide bonds. The number of nitrogens with two attached hydrogens (primary N) is 1. The number of nitriles is 1. The van der Waals surface area contributed by atoms with Gasteiger partial charge >= 0.3 is 0 Å². The highest BCUT2D eigenvalue weighted by Crippen LogP contribution is 2.25. The summed E-state index contributed by atoms with van der Waals surface area (Å²) in [5, 5.41) is 9.05. The lowest BCUT2D eigenvalue weighted by Crippen LogP contribution is -2.42. The Morgan fingerprint density at radius 2 is 1.90 bits per heavy atom. The van der Waals surface area contributed by atoms with E-state index in [-0.39, 0.29) is 17.2 Å². The summed E-state index contributed by atoms with van der Waals surface area (Å²) >= 11 is 0. The average Bonchev–Trinajstić information content (AvgIpc) is 2.79. The zero-order valence-corrected chi connectivity index (χ0v) is 17.1. The maximum atomic E-state index is 14.4. The first-order chi connectivity index (χ1) is 15.0. The van der Waals surface area contributed by atoms with Gasteiger partial charge in [0.15, 0.2) is 0 Å². The molecule has 0 unspecified atom stereocenters. The first kappa shape index (κ1) is 20.6. The Morgan fingerprint density at radius 1 is 1.19 bits per heavy atom. The predicted molar refractivity (Wildman–Crippen MR) is 116 cm³/mol. The molecule has 2 N–H and O–H groups in total. The van der Waals surface area contributed by atoms with Gasteiger partial charge in [0, 0.05) is 25.3 Å². The normalized spacial score (nSPS) is 14.3. The van der Waals surface area contributed by atoms with Crippen LogP contribution in [0, 0.1) is 17.1 Å². The van der Waals surface area contributed by atoms with Gasteiger partial charge in [-0.3, -0.25) is 4.79 Å². The van der Waals surface area contributed by atoms with Gasteiger partial charge in [-0.15, -0.1) is 0 Å². The van der Waals surface area contributed by atoms with Crippen LogP contribution in [0.2, 0.25) is 0 Å². The number of ether oxygens (including phenoxy) is 1. The molecule has 2 heterocycles. The van der Waals surface area contributed by atoms with Crippen molar-refractivity contribution in [3.63, 3.8) is 0 Å². The van der Waals surface area contributed by atoms with Crippen molar-refractivity contribution in [1.82, 2.24) is 9.55 Å². The minimum atomic E-state index is -0.687. The Bertz CT molecular complexity index is 1190. The molecule has 158 valence electrons. The van der Waals surface area contributed by atoms with E-state index in [1.807, 2.05) is 4.90 Å². The SMILES string of the molecule is COc1ccc(-c2cnc(N3CCC(N)CC3)n(-c3ccc(C#N)c(F)c3)c2=O)cc1. The number of anilines is 1. The van der Waals surface area contributed by atoms with E-state index in [0.717, 1.165) is 12.8 Å².